The van der Waals surface area contributed by atoms with Gasteiger partial charge in [-0.15, -0.1) is 0 Å². The van der Waals surface area contributed by atoms with Gasteiger partial charge in [-0.2, -0.15) is 0 Å². The minimum Gasteiger partial charge on any atom is -0.309 e. The summed E-state index contributed by atoms with van der Waals surface area (Å²) in [5.41, 5.74) is 2.37. The second-order valence-corrected chi connectivity index (χ2v) is 6.93. The standard InChI is InChI=1S/C12H15NO2S/c14-16(15)7-3-6-13-12-10-5-2-1-4-9(10)8-11(12)16/h1-2,4-5,11-13H,3,6-8H2. The minimum absolute atomic E-state index is 0.0173. The molecule has 1 heterocycles. The first-order chi connectivity index (χ1) is 7.68. The second kappa shape index (κ2) is 3.57. The molecule has 1 N–H and O–H groups in total. The Labute approximate surface area is 95.8 Å². The van der Waals surface area contributed by atoms with E-state index < -0.39 is 9.84 Å². The number of benzene rings is 1. The second-order valence-electron chi connectivity index (χ2n) is 4.59. The molecule has 4 heteroatoms. The van der Waals surface area contributed by atoms with E-state index in [0.717, 1.165) is 13.0 Å². The molecule has 2 atom stereocenters. The maximum Gasteiger partial charge on any atom is 0.155 e. The summed E-state index contributed by atoms with van der Waals surface area (Å²) in [5.74, 6) is 0.329. The molecule has 2 unspecified atom stereocenters. The van der Waals surface area contributed by atoms with E-state index in [2.05, 4.69) is 5.32 Å². The summed E-state index contributed by atoms with van der Waals surface area (Å²) in [7, 11) is -2.93. The molecule has 0 saturated carbocycles. The molecule has 16 heavy (non-hydrogen) atoms. The number of hydrogen-bond donors (Lipinski definition) is 1. The average molecular weight is 237 g/mol. The third kappa shape index (κ3) is 1.48. The van der Waals surface area contributed by atoms with Gasteiger partial charge in [-0.3, -0.25) is 0 Å². The molecule has 1 aliphatic heterocycles. The van der Waals surface area contributed by atoms with Crippen LogP contribution in [0.4, 0.5) is 0 Å². The topological polar surface area (TPSA) is 46.2 Å². The highest BCUT2D eigenvalue weighted by molar-refractivity contribution is 7.92. The van der Waals surface area contributed by atoms with Crippen molar-refractivity contribution in [2.45, 2.75) is 24.1 Å². The Bertz CT molecular complexity index is 510. The summed E-state index contributed by atoms with van der Waals surface area (Å²) < 4.78 is 24.2. The minimum atomic E-state index is -2.93. The first kappa shape index (κ1) is 10.3. The average Bonchev–Trinajstić information content (AvgIpc) is 2.57. The van der Waals surface area contributed by atoms with Crippen LogP contribution in [0.15, 0.2) is 24.3 Å². The van der Waals surface area contributed by atoms with Crippen LogP contribution in [0.1, 0.15) is 23.6 Å². The van der Waals surface area contributed by atoms with Crippen LogP contribution in [-0.4, -0.2) is 26.0 Å². The van der Waals surface area contributed by atoms with Crippen molar-refractivity contribution in [2.75, 3.05) is 12.3 Å². The van der Waals surface area contributed by atoms with Crippen molar-refractivity contribution in [2.24, 2.45) is 0 Å². The van der Waals surface area contributed by atoms with E-state index in [4.69, 9.17) is 0 Å². The Kier molecular flexibility index (Phi) is 2.30. The molecular formula is C12H15NO2S. The number of nitrogens with one attached hydrogen (secondary N) is 1. The van der Waals surface area contributed by atoms with Crippen molar-refractivity contribution in [3.8, 4) is 0 Å². The zero-order chi connectivity index (χ0) is 11.2. The van der Waals surface area contributed by atoms with Gasteiger partial charge in [-0.05, 0) is 30.5 Å². The summed E-state index contributed by atoms with van der Waals surface area (Å²) in [6.07, 6.45) is 1.41. The van der Waals surface area contributed by atoms with Gasteiger partial charge in [0.15, 0.2) is 9.84 Å². The highest BCUT2D eigenvalue weighted by Gasteiger charge is 2.41. The first-order valence-corrected chi connectivity index (χ1v) is 7.43. The van der Waals surface area contributed by atoms with Crippen LogP contribution in [0.3, 0.4) is 0 Å². The van der Waals surface area contributed by atoms with Gasteiger partial charge in [0.05, 0.1) is 11.0 Å². The van der Waals surface area contributed by atoms with E-state index >= 15 is 0 Å². The Hall–Kier alpha value is -0.870. The smallest absolute Gasteiger partial charge is 0.155 e. The third-order valence-electron chi connectivity index (χ3n) is 3.61. The van der Waals surface area contributed by atoms with Gasteiger partial charge in [-0.1, -0.05) is 24.3 Å². The highest BCUT2D eigenvalue weighted by Crippen LogP contribution is 2.36. The van der Waals surface area contributed by atoms with Crippen LogP contribution < -0.4 is 5.32 Å². The monoisotopic (exact) mass is 237 g/mol. The molecule has 1 fully saturated rings. The molecule has 3 rings (SSSR count). The number of fused-ring (bicyclic) bond motifs is 3. The normalized spacial score (nSPS) is 31.5. The molecule has 2 aliphatic rings. The molecule has 1 saturated heterocycles. The van der Waals surface area contributed by atoms with E-state index in [1.807, 2.05) is 24.3 Å². The highest BCUT2D eigenvalue weighted by atomic mass is 32.2. The van der Waals surface area contributed by atoms with Crippen LogP contribution in [-0.2, 0) is 16.3 Å². The van der Waals surface area contributed by atoms with Gasteiger partial charge in [0.2, 0.25) is 0 Å². The maximum absolute atomic E-state index is 12.1. The molecule has 0 amide bonds. The van der Waals surface area contributed by atoms with Crippen molar-refractivity contribution < 1.29 is 8.42 Å². The lowest BCUT2D eigenvalue weighted by Crippen LogP contribution is -2.32. The Balaban J connectivity index is 2.08. The van der Waals surface area contributed by atoms with Crippen molar-refractivity contribution >= 4 is 9.84 Å². The van der Waals surface area contributed by atoms with E-state index in [0.29, 0.717) is 12.2 Å². The maximum atomic E-state index is 12.1. The van der Waals surface area contributed by atoms with Crippen molar-refractivity contribution in [1.29, 1.82) is 0 Å². The Morgan fingerprint density at radius 3 is 2.94 bits per heavy atom. The van der Waals surface area contributed by atoms with Gasteiger partial charge < -0.3 is 5.32 Å². The molecule has 1 aromatic carbocycles. The van der Waals surface area contributed by atoms with Crippen molar-refractivity contribution in [3.63, 3.8) is 0 Å². The van der Waals surface area contributed by atoms with Gasteiger partial charge in [0.25, 0.3) is 0 Å². The summed E-state index contributed by atoms with van der Waals surface area (Å²) in [6, 6.07) is 8.08. The molecule has 86 valence electrons. The molecule has 1 aromatic rings. The fraction of sp³-hybridized carbons (Fsp3) is 0.500. The van der Waals surface area contributed by atoms with Gasteiger partial charge in [0, 0.05) is 6.04 Å². The summed E-state index contributed by atoms with van der Waals surface area (Å²) in [5, 5.41) is 3.13. The molecule has 0 spiro atoms. The van der Waals surface area contributed by atoms with Crippen LogP contribution in [0.5, 0.6) is 0 Å². The quantitative estimate of drug-likeness (QED) is 0.734. The van der Waals surface area contributed by atoms with Crippen LogP contribution in [0.25, 0.3) is 0 Å². The third-order valence-corrected chi connectivity index (χ3v) is 5.83. The van der Waals surface area contributed by atoms with E-state index in [1.54, 1.807) is 0 Å². The summed E-state index contributed by atoms with van der Waals surface area (Å²) in [6.45, 7) is 0.800. The first-order valence-electron chi connectivity index (χ1n) is 5.71. The SMILES string of the molecule is O=S1(=O)CCCNC2c3ccccc3CC21. The zero-order valence-electron chi connectivity index (χ0n) is 9.02. The van der Waals surface area contributed by atoms with E-state index in [1.165, 1.54) is 11.1 Å². The zero-order valence-corrected chi connectivity index (χ0v) is 9.83. The van der Waals surface area contributed by atoms with Gasteiger partial charge in [-0.25, -0.2) is 8.42 Å². The number of rotatable bonds is 0. The predicted octanol–water partition coefficient (Wildman–Crippen LogP) is 1.06. The van der Waals surface area contributed by atoms with Gasteiger partial charge in [0.1, 0.15) is 0 Å². The summed E-state index contributed by atoms with van der Waals surface area (Å²) in [4.78, 5) is 0. The van der Waals surface area contributed by atoms with Gasteiger partial charge >= 0.3 is 0 Å². The molecule has 0 radical (unpaired) electrons. The van der Waals surface area contributed by atoms with Crippen molar-refractivity contribution in [1.82, 2.24) is 5.32 Å². The molecule has 0 bridgehead atoms. The van der Waals surface area contributed by atoms with E-state index in [-0.39, 0.29) is 11.3 Å². The lowest BCUT2D eigenvalue weighted by molar-refractivity contribution is 0.528. The molecular weight excluding hydrogens is 222 g/mol. The Morgan fingerprint density at radius 1 is 1.25 bits per heavy atom. The van der Waals surface area contributed by atoms with Crippen molar-refractivity contribution in [3.05, 3.63) is 35.4 Å². The molecule has 0 aromatic heterocycles. The molecule has 1 aliphatic carbocycles. The number of hydrogen-bond acceptors (Lipinski definition) is 3. The van der Waals surface area contributed by atoms with Crippen LogP contribution in [0, 0.1) is 0 Å². The summed E-state index contributed by atoms with van der Waals surface area (Å²) >= 11 is 0. The predicted molar refractivity (Wildman–Crippen MR) is 63.1 cm³/mol. The van der Waals surface area contributed by atoms with E-state index in [9.17, 15) is 8.42 Å². The fourth-order valence-electron chi connectivity index (χ4n) is 2.82. The lowest BCUT2D eigenvalue weighted by atomic mass is 10.1. The Morgan fingerprint density at radius 2 is 2.06 bits per heavy atom. The fourth-order valence-corrected chi connectivity index (χ4v) is 4.76. The van der Waals surface area contributed by atoms with Crippen LogP contribution >= 0.6 is 0 Å². The lowest BCUT2D eigenvalue weighted by Gasteiger charge is -2.17. The largest absolute Gasteiger partial charge is 0.309 e. The molecule has 3 nitrogen and oxygen atoms in total. The van der Waals surface area contributed by atoms with Crippen LogP contribution in [0.2, 0.25) is 0 Å². The number of sulfone groups is 1.